The van der Waals surface area contributed by atoms with E-state index in [1.807, 2.05) is 20.8 Å². The lowest BCUT2D eigenvalue weighted by molar-refractivity contribution is -0.131. The molecule has 0 aromatic rings. The summed E-state index contributed by atoms with van der Waals surface area (Å²) < 4.78 is 0. The second-order valence-electron chi connectivity index (χ2n) is 3.41. The number of carboxylic acids is 1. The predicted octanol–water partition coefficient (Wildman–Crippen LogP) is 0.542. The van der Waals surface area contributed by atoms with E-state index in [0.717, 1.165) is 12.2 Å². The van der Waals surface area contributed by atoms with Gasteiger partial charge in [-0.05, 0) is 20.8 Å². The van der Waals surface area contributed by atoms with Gasteiger partial charge in [-0.3, -0.25) is 4.79 Å². The minimum atomic E-state index is -1.13. The van der Waals surface area contributed by atoms with Gasteiger partial charge in [0.1, 0.15) is 0 Å². The standard InChI is InChI=1S/C8H13NO3/c1-8(2,3)9-6(10)4-5-7(11)12/h4-5H,1-3H3,(H,9,10)(H,11,12)/b5-4+. The first-order valence-corrected chi connectivity index (χ1v) is 3.54. The van der Waals surface area contributed by atoms with Gasteiger partial charge in [-0.2, -0.15) is 0 Å². The van der Waals surface area contributed by atoms with E-state index in [-0.39, 0.29) is 5.54 Å². The molecule has 0 aromatic heterocycles. The fourth-order valence-corrected chi connectivity index (χ4v) is 0.558. The van der Waals surface area contributed by atoms with Gasteiger partial charge in [-0.25, -0.2) is 4.79 Å². The van der Waals surface area contributed by atoms with Gasteiger partial charge in [0.05, 0.1) is 0 Å². The minimum absolute atomic E-state index is 0.333. The Kier molecular flexibility index (Phi) is 3.47. The first-order valence-electron chi connectivity index (χ1n) is 3.54. The third-order valence-corrected chi connectivity index (χ3v) is 0.875. The van der Waals surface area contributed by atoms with Gasteiger partial charge in [-0.15, -0.1) is 0 Å². The van der Waals surface area contributed by atoms with E-state index in [4.69, 9.17) is 5.11 Å². The van der Waals surface area contributed by atoms with Crippen LogP contribution in [-0.2, 0) is 9.59 Å². The highest BCUT2D eigenvalue weighted by atomic mass is 16.4. The van der Waals surface area contributed by atoms with Gasteiger partial charge in [0.25, 0.3) is 0 Å². The highest BCUT2D eigenvalue weighted by molar-refractivity contribution is 5.94. The van der Waals surface area contributed by atoms with E-state index in [1.165, 1.54) is 0 Å². The Morgan fingerprint density at radius 1 is 1.25 bits per heavy atom. The molecule has 4 heteroatoms. The predicted molar refractivity (Wildman–Crippen MR) is 44.7 cm³/mol. The Hall–Kier alpha value is -1.32. The highest BCUT2D eigenvalue weighted by Gasteiger charge is 2.11. The zero-order chi connectivity index (χ0) is 9.78. The summed E-state index contributed by atoms with van der Waals surface area (Å²) in [6.45, 7) is 5.46. The summed E-state index contributed by atoms with van der Waals surface area (Å²) in [7, 11) is 0. The Balaban J connectivity index is 3.99. The van der Waals surface area contributed by atoms with Crippen LogP contribution in [0.4, 0.5) is 0 Å². The number of rotatable bonds is 2. The summed E-state index contributed by atoms with van der Waals surface area (Å²) in [5.41, 5.74) is -0.333. The van der Waals surface area contributed by atoms with Crippen LogP contribution in [0.5, 0.6) is 0 Å². The van der Waals surface area contributed by atoms with Crippen molar-refractivity contribution >= 4 is 11.9 Å². The number of carboxylic acid groups (broad SMARTS) is 1. The Morgan fingerprint density at radius 2 is 1.75 bits per heavy atom. The normalized spacial score (nSPS) is 11.6. The van der Waals surface area contributed by atoms with Crippen molar-refractivity contribution in [2.75, 3.05) is 0 Å². The molecule has 0 fully saturated rings. The lowest BCUT2D eigenvalue weighted by Gasteiger charge is -2.18. The van der Waals surface area contributed by atoms with E-state index in [0.29, 0.717) is 0 Å². The van der Waals surface area contributed by atoms with Gasteiger partial charge >= 0.3 is 5.97 Å². The number of amides is 1. The van der Waals surface area contributed by atoms with Crippen LogP contribution in [0.15, 0.2) is 12.2 Å². The van der Waals surface area contributed by atoms with Crippen LogP contribution in [0.1, 0.15) is 20.8 Å². The Morgan fingerprint density at radius 3 is 2.08 bits per heavy atom. The van der Waals surface area contributed by atoms with Gasteiger partial charge in [0, 0.05) is 17.7 Å². The van der Waals surface area contributed by atoms with Crippen molar-refractivity contribution in [2.24, 2.45) is 0 Å². The maximum absolute atomic E-state index is 10.9. The first-order chi connectivity index (χ1) is 5.31. The molecule has 0 unspecified atom stereocenters. The van der Waals surface area contributed by atoms with Gasteiger partial charge in [-0.1, -0.05) is 0 Å². The molecule has 0 saturated carbocycles. The molecule has 68 valence electrons. The summed E-state index contributed by atoms with van der Waals surface area (Å²) in [6.07, 6.45) is 1.80. The number of carbonyl (C=O) groups excluding carboxylic acids is 1. The van der Waals surface area contributed by atoms with Crippen molar-refractivity contribution in [2.45, 2.75) is 26.3 Å². The van der Waals surface area contributed by atoms with Crippen LogP contribution in [-0.4, -0.2) is 22.5 Å². The molecule has 2 N–H and O–H groups in total. The van der Waals surface area contributed by atoms with Crippen molar-refractivity contribution in [3.63, 3.8) is 0 Å². The van der Waals surface area contributed by atoms with Crippen LogP contribution in [0.25, 0.3) is 0 Å². The fourth-order valence-electron chi connectivity index (χ4n) is 0.558. The largest absolute Gasteiger partial charge is 0.478 e. The minimum Gasteiger partial charge on any atom is -0.478 e. The molecular weight excluding hydrogens is 158 g/mol. The molecule has 0 heterocycles. The number of carbonyl (C=O) groups is 2. The highest BCUT2D eigenvalue weighted by Crippen LogP contribution is 1.97. The van der Waals surface area contributed by atoms with Gasteiger partial charge in [0.15, 0.2) is 0 Å². The van der Waals surface area contributed by atoms with Crippen LogP contribution in [0, 0.1) is 0 Å². The second-order valence-corrected chi connectivity index (χ2v) is 3.41. The SMILES string of the molecule is CC(C)(C)NC(=O)/C=C/C(=O)O. The second kappa shape index (κ2) is 3.90. The zero-order valence-corrected chi connectivity index (χ0v) is 7.42. The molecule has 1 amide bonds. The molecular formula is C8H13NO3. The van der Waals surface area contributed by atoms with E-state index >= 15 is 0 Å². The van der Waals surface area contributed by atoms with Crippen LogP contribution in [0.2, 0.25) is 0 Å². The van der Waals surface area contributed by atoms with Gasteiger partial charge in [0.2, 0.25) is 5.91 Å². The molecule has 4 nitrogen and oxygen atoms in total. The molecule has 0 aliphatic heterocycles. The monoisotopic (exact) mass is 171 g/mol. The summed E-state index contributed by atoms with van der Waals surface area (Å²) in [4.78, 5) is 20.9. The number of aliphatic carboxylic acids is 1. The fraction of sp³-hybridized carbons (Fsp3) is 0.500. The number of hydrogen-bond acceptors (Lipinski definition) is 2. The zero-order valence-electron chi connectivity index (χ0n) is 7.42. The number of hydrogen-bond donors (Lipinski definition) is 2. The van der Waals surface area contributed by atoms with Crippen LogP contribution in [0.3, 0.4) is 0 Å². The summed E-state index contributed by atoms with van der Waals surface area (Å²) in [6, 6.07) is 0. The van der Waals surface area contributed by atoms with Crippen molar-refractivity contribution < 1.29 is 14.7 Å². The van der Waals surface area contributed by atoms with E-state index in [1.54, 1.807) is 0 Å². The molecule has 0 aromatic carbocycles. The molecule has 0 radical (unpaired) electrons. The summed E-state index contributed by atoms with van der Waals surface area (Å²) >= 11 is 0. The third kappa shape index (κ3) is 6.80. The Labute approximate surface area is 71.3 Å². The first kappa shape index (κ1) is 10.7. The quantitative estimate of drug-likeness (QED) is 0.596. The molecule has 0 atom stereocenters. The average molecular weight is 171 g/mol. The number of nitrogens with one attached hydrogen (secondary N) is 1. The average Bonchev–Trinajstić information content (AvgIpc) is 1.79. The van der Waals surface area contributed by atoms with E-state index < -0.39 is 11.9 Å². The molecule has 0 aliphatic rings. The van der Waals surface area contributed by atoms with Crippen molar-refractivity contribution in [1.29, 1.82) is 0 Å². The maximum atomic E-state index is 10.9. The lowest BCUT2D eigenvalue weighted by Crippen LogP contribution is -2.39. The molecule has 0 rings (SSSR count). The summed E-state index contributed by atoms with van der Waals surface area (Å²) in [5, 5.41) is 10.8. The maximum Gasteiger partial charge on any atom is 0.328 e. The molecule has 0 bridgehead atoms. The van der Waals surface area contributed by atoms with E-state index in [2.05, 4.69) is 5.32 Å². The van der Waals surface area contributed by atoms with Crippen molar-refractivity contribution in [3.05, 3.63) is 12.2 Å². The summed E-state index contributed by atoms with van der Waals surface area (Å²) in [5.74, 6) is -1.52. The molecule has 0 saturated heterocycles. The molecule has 12 heavy (non-hydrogen) atoms. The smallest absolute Gasteiger partial charge is 0.328 e. The molecule has 0 aliphatic carbocycles. The lowest BCUT2D eigenvalue weighted by atomic mass is 10.1. The van der Waals surface area contributed by atoms with Crippen LogP contribution < -0.4 is 5.32 Å². The van der Waals surface area contributed by atoms with E-state index in [9.17, 15) is 9.59 Å². The van der Waals surface area contributed by atoms with Crippen molar-refractivity contribution in [3.8, 4) is 0 Å². The van der Waals surface area contributed by atoms with Crippen LogP contribution >= 0.6 is 0 Å². The molecule has 0 spiro atoms. The topological polar surface area (TPSA) is 66.4 Å². The van der Waals surface area contributed by atoms with Gasteiger partial charge < -0.3 is 10.4 Å². The third-order valence-electron chi connectivity index (χ3n) is 0.875. The van der Waals surface area contributed by atoms with Crippen molar-refractivity contribution in [1.82, 2.24) is 5.32 Å². The Bertz CT molecular complexity index is 213.